The molecule has 16 heavy (non-hydrogen) atoms. The number of H-pyrrole nitrogens is 1. The highest BCUT2D eigenvalue weighted by molar-refractivity contribution is 7.71. The number of methoxy groups -OCH3 is 2. The standard InChI is InChI=1S/C11H12N2O2S/c1-6-12-8-5-10(15-3)9(14-2)4-7(8)11(16)13-6/h4-5H,1-3H3,(H,12,13,16). The first-order valence-corrected chi connectivity index (χ1v) is 5.19. The number of nitrogens with one attached hydrogen (secondary N) is 1. The summed E-state index contributed by atoms with van der Waals surface area (Å²) < 4.78 is 11.0. The van der Waals surface area contributed by atoms with Crippen molar-refractivity contribution >= 4 is 23.1 Å². The molecule has 0 fully saturated rings. The summed E-state index contributed by atoms with van der Waals surface area (Å²) in [4.78, 5) is 7.34. The summed E-state index contributed by atoms with van der Waals surface area (Å²) in [6, 6.07) is 3.69. The average Bonchev–Trinajstić information content (AvgIpc) is 2.27. The van der Waals surface area contributed by atoms with Gasteiger partial charge in [-0.1, -0.05) is 12.2 Å². The van der Waals surface area contributed by atoms with Crippen molar-refractivity contribution in [3.8, 4) is 11.5 Å². The molecule has 0 saturated heterocycles. The van der Waals surface area contributed by atoms with Crippen LogP contribution < -0.4 is 9.47 Å². The molecule has 0 aliphatic rings. The minimum atomic E-state index is 0.562. The van der Waals surface area contributed by atoms with Gasteiger partial charge >= 0.3 is 0 Å². The van der Waals surface area contributed by atoms with Gasteiger partial charge in [0.25, 0.3) is 0 Å². The van der Waals surface area contributed by atoms with E-state index in [-0.39, 0.29) is 0 Å². The predicted octanol–water partition coefficient (Wildman–Crippen LogP) is 2.62. The van der Waals surface area contributed by atoms with E-state index in [2.05, 4.69) is 9.97 Å². The lowest BCUT2D eigenvalue weighted by Crippen LogP contribution is -1.94. The fraction of sp³-hybridized carbons (Fsp3) is 0.273. The molecule has 2 aromatic rings. The molecule has 5 heteroatoms. The fourth-order valence-corrected chi connectivity index (χ4v) is 1.90. The lowest BCUT2D eigenvalue weighted by Gasteiger charge is -2.09. The van der Waals surface area contributed by atoms with E-state index >= 15 is 0 Å². The minimum Gasteiger partial charge on any atom is -0.493 e. The van der Waals surface area contributed by atoms with Crippen molar-refractivity contribution in [3.05, 3.63) is 22.6 Å². The maximum atomic E-state index is 5.22. The third kappa shape index (κ3) is 1.74. The van der Waals surface area contributed by atoms with E-state index in [1.807, 2.05) is 19.1 Å². The number of rotatable bonds is 2. The van der Waals surface area contributed by atoms with Gasteiger partial charge in [-0.3, -0.25) is 0 Å². The quantitative estimate of drug-likeness (QED) is 0.814. The van der Waals surface area contributed by atoms with Crippen LogP contribution in [0.2, 0.25) is 0 Å². The largest absolute Gasteiger partial charge is 0.493 e. The molecule has 0 spiro atoms. The van der Waals surface area contributed by atoms with Crippen LogP contribution in [0.4, 0.5) is 0 Å². The Morgan fingerprint density at radius 2 is 1.81 bits per heavy atom. The molecule has 1 N–H and O–H groups in total. The molecule has 1 aromatic heterocycles. The molecule has 0 radical (unpaired) electrons. The number of ether oxygens (including phenoxy) is 2. The molecule has 1 heterocycles. The highest BCUT2D eigenvalue weighted by Crippen LogP contribution is 2.31. The molecule has 0 bridgehead atoms. The molecule has 0 amide bonds. The third-order valence-electron chi connectivity index (χ3n) is 2.34. The molecule has 0 atom stereocenters. The molecule has 84 valence electrons. The number of aromatic nitrogens is 2. The molecule has 2 rings (SSSR count). The lowest BCUT2D eigenvalue weighted by molar-refractivity contribution is 0.355. The number of fused-ring (bicyclic) bond motifs is 1. The van der Waals surface area contributed by atoms with Crippen LogP contribution in [0.15, 0.2) is 12.1 Å². The second-order valence-corrected chi connectivity index (χ2v) is 3.77. The van der Waals surface area contributed by atoms with Gasteiger partial charge in [-0.05, 0) is 13.0 Å². The summed E-state index contributed by atoms with van der Waals surface area (Å²) in [5.41, 5.74) is 0.898. The second-order valence-electron chi connectivity index (χ2n) is 3.38. The first-order chi connectivity index (χ1) is 7.65. The van der Waals surface area contributed by atoms with Gasteiger partial charge < -0.3 is 14.5 Å². The summed E-state index contributed by atoms with van der Waals surface area (Å²) in [5, 5.41) is 0.859. The zero-order valence-corrected chi connectivity index (χ0v) is 10.1. The van der Waals surface area contributed by atoms with Gasteiger partial charge in [0.1, 0.15) is 10.5 Å². The smallest absolute Gasteiger partial charge is 0.162 e. The van der Waals surface area contributed by atoms with Crippen LogP contribution >= 0.6 is 12.2 Å². The molecular formula is C11H12N2O2S. The molecule has 4 nitrogen and oxygen atoms in total. The Morgan fingerprint density at radius 3 is 2.44 bits per heavy atom. The molecule has 0 aliphatic carbocycles. The minimum absolute atomic E-state index is 0.562. The highest BCUT2D eigenvalue weighted by Gasteiger charge is 2.07. The molecule has 0 saturated carbocycles. The predicted molar refractivity (Wildman–Crippen MR) is 64.8 cm³/mol. The van der Waals surface area contributed by atoms with Gasteiger partial charge in [0.15, 0.2) is 11.5 Å². The fourth-order valence-electron chi connectivity index (χ4n) is 1.59. The van der Waals surface area contributed by atoms with Gasteiger partial charge in [-0.2, -0.15) is 0 Å². The van der Waals surface area contributed by atoms with Crippen LogP contribution in [0.5, 0.6) is 11.5 Å². The summed E-state index contributed by atoms with van der Waals surface area (Å²) in [5.74, 6) is 2.11. The Labute approximate surface area is 98.2 Å². The van der Waals surface area contributed by atoms with Gasteiger partial charge in [-0.15, -0.1) is 0 Å². The van der Waals surface area contributed by atoms with Crippen molar-refractivity contribution in [3.63, 3.8) is 0 Å². The number of hydrogen-bond donors (Lipinski definition) is 1. The Hall–Kier alpha value is -1.62. The van der Waals surface area contributed by atoms with E-state index in [4.69, 9.17) is 21.7 Å². The summed E-state index contributed by atoms with van der Waals surface area (Å²) >= 11 is 5.20. The monoisotopic (exact) mass is 236 g/mol. The van der Waals surface area contributed by atoms with Crippen molar-refractivity contribution in [2.24, 2.45) is 0 Å². The lowest BCUT2D eigenvalue weighted by atomic mass is 10.2. The second kappa shape index (κ2) is 4.09. The molecular weight excluding hydrogens is 224 g/mol. The first-order valence-electron chi connectivity index (χ1n) is 4.78. The van der Waals surface area contributed by atoms with Crippen molar-refractivity contribution in [2.45, 2.75) is 6.92 Å². The number of nitrogens with zero attached hydrogens (tertiary/aromatic N) is 1. The summed E-state index contributed by atoms with van der Waals surface area (Å²) in [6.45, 7) is 1.87. The normalized spacial score (nSPS) is 10.4. The van der Waals surface area contributed by atoms with E-state index in [0.717, 1.165) is 16.7 Å². The average molecular weight is 236 g/mol. The van der Waals surface area contributed by atoms with Crippen molar-refractivity contribution in [1.29, 1.82) is 0 Å². The van der Waals surface area contributed by atoms with Crippen LogP contribution in [0, 0.1) is 11.6 Å². The van der Waals surface area contributed by atoms with Gasteiger partial charge in [0.05, 0.1) is 19.7 Å². The zero-order chi connectivity index (χ0) is 11.7. The third-order valence-corrected chi connectivity index (χ3v) is 2.65. The van der Waals surface area contributed by atoms with Crippen LogP contribution in [0.1, 0.15) is 5.82 Å². The van der Waals surface area contributed by atoms with E-state index < -0.39 is 0 Å². The summed E-state index contributed by atoms with van der Waals surface area (Å²) in [7, 11) is 3.20. The Kier molecular flexibility index (Phi) is 2.78. The number of benzene rings is 1. The van der Waals surface area contributed by atoms with E-state index in [1.165, 1.54) is 0 Å². The Bertz CT molecular complexity index is 592. The van der Waals surface area contributed by atoms with E-state index in [9.17, 15) is 0 Å². The maximum absolute atomic E-state index is 5.22. The molecule has 0 aliphatic heterocycles. The summed E-state index contributed by atoms with van der Waals surface area (Å²) in [6.07, 6.45) is 0. The van der Waals surface area contributed by atoms with E-state index in [0.29, 0.717) is 16.1 Å². The zero-order valence-electron chi connectivity index (χ0n) is 9.33. The molecule has 1 aromatic carbocycles. The first kappa shape index (κ1) is 10.9. The highest BCUT2D eigenvalue weighted by atomic mass is 32.1. The van der Waals surface area contributed by atoms with Crippen molar-refractivity contribution < 1.29 is 9.47 Å². The van der Waals surface area contributed by atoms with Gasteiger partial charge in [0.2, 0.25) is 0 Å². The van der Waals surface area contributed by atoms with Crippen LogP contribution in [-0.4, -0.2) is 24.2 Å². The topological polar surface area (TPSA) is 47.1 Å². The van der Waals surface area contributed by atoms with Crippen molar-refractivity contribution in [1.82, 2.24) is 9.97 Å². The SMILES string of the molecule is COc1cc2[nH]c(C)nc(=S)c2cc1OC. The Balaban J connectivity index is 2.83. The van der Waals surface area contributed by atoms with Crippen LogP contribution in [-0.2, 0) is 0 Å². The maximum Gasteiger partial charge on any atom is 0.162 e. The van der Waals surface area contributed by atoms with Gasteiger partial charge in [-0.25, -0.2) is 4.98 Å². The Morgan fingerprint density at radius 1 is 1.19 bits per heavy atom. The molecule has 0 unspecified atom stereocenters. The van der Waals surface area contributed by atoms with Crippen LogP contribution in [0.25, 0.3) is 10.9 Å². The van der Waals surface area contributed by atoms with Crippen LogP contribution in [0.3, 0.4) is 0 Å². The number of aromatic amines is 1. The van der Waals surface area contributed by atoms with Crippen molar-refractivity contribution in [2.75, 3.05) is 14.2 Å². The van der Waals surface area contributed by atoms with E-state index in [1.54, 1.807) is 14.2 Å². The number of aryl methyl sites for hydroxylation is 1. The van der Waals surface area contributed by atoms with Gasteiger partial charge in [0, 0.05) is 11.5 Å². The number of hydrogen-bond acceptors (Lipinski definition) is 4.